The fourth-order valence-electron chi connectivity index (χ4n) is 2.80. The Hall–Kier alpha value is -1.95. The molecule has 0 radical (unpaired) electrons. The molecular weight excluding hydrogens is 287 g/mol. The van der Waals surface area contributed by atoms with E-state index in [1.807, 2.05) is 6.92 Å². The highest BCUT2D eigenvalue weighted by Crippen LogP contribution is 2.37. The van der Waals surface area contributed by atoms with Crippen LogP contribution in [0.4, 0.5) is 10.1 Å². The summed E-state index contributed by atoms with van der Waals surface area (Å²) in [7, 11) is 0. The Bertz CT molecular complexity index is 591. The zero-order valence-corrected chi connectivity index (χ0v) is 12.8. The predicted molar refractivity (Wildman–Crippen MR) is 80.7 cm³/mol. The highest BCUT2D eigenvalue weighted by atomic mass is 19.1. The quantitative estimate of drug-likeness (QED) is 0.744. The Morgan fingerprint density at radius 3 is 2.82 bits per heavy atom. The van der Waals surface area contributed by atoms with Crippen molar-refractivity contribution in [3.8, 4) is 0 Å². The van der Waals surface area contributed by atoms with Gasteiger partial charge < -0.3 is 15.7 Å². The van der Waals surface area contributed by atoms with Crippen LogP contribution < -0.4 is 10.6 Å². The summed E-state index contributed by atoms with van der Waals surface area (Å²) in [6, 6.07) is 3.76. The fraction of sp³-hybridized carbons (Fsp3) is 0.500. The lowest BCUT2D eigenvalue weighted by Crippen LogP contribution is -2.48. The zero-order chi connectivity index (χ0) is 16.3. The molecule has 0 saturated heterocycles. The number of amides is 2. The molecule has 120 valence electrons. The van der Waals surface area contributed by atoms with E-state index in [1.54, 1.807) is 6.92 Å². The first-order chi connectivity index (χ1) is 10.4. The van der Waals surface area contributed by atoms with Crippen LogP contribution in [0.2, 0.25) is 0 Å². The van der Waals surface area contributed by atoms with Gasteiger partial charge in [0.15, 0.2) is 0 Å². The van der Waals surface area contributed by atoms with E-state index in [1.165, 1.54) is 18.2 Å². The molecule has 5 nitrogen and oxygen atoms in total. The van der Waals surface area contributed by atoms with Gasteiger partial charge in [-0.1, -0.05) is 19.4 Å². The Balaban J connectivity index is 2.01. The van der Waals surface area contributed by atoms with Crippen molar-refractivity contribution < 1.29 is 19.1 Å². The van der Waals surface area contributed by atoms with Gasteiger partial charge in [0, 0.05) is 17.1 Å². The predicted octanol–water partition coefficient (Wildman–Crippen LogP) is 1.74. The van der Waals surface area contributed by atoms with Crippen LogP contribution in [-0.4, -0.2) is 29.6 Å². The minimum atomic E-state index is -0.833. The molecule has 1 fully saturated rings. The molecule has 2 rings (SSSR count). The number of benzene rings is 1. The fourth-order valence-corrected chi connectivity index (χ4v) is 2.80. The largest absolute Gasteiger partial charge is 0.396 e. The summed E-state index contributed by atoms with van der Waals surface area (Å²) in [6.07, 6.45) is 2.43. The number of halogens is 1. The second kappa shape index (κ2) is 6.44. The summed E-state index contributed by atoms with van der Waals surface area (Å²) in [4.78, 5) is 24.0. The first-order valence-electron chi connectivity index (χ1n) is 7.34. The van der Waals surface area contributed by atoms with Gasteiger partial charge in [0.25, 0.3) is 0 Å². The van der Waals surface area contributed by atoms with Gasteiger partial charge >= 0.3 is 11.8 Å². The molecule has 2 amide bonds. The second-order valence-corrected chi connectivity index (χ2v) is 6.14. The smallest absolute Gasteiger partial charge is 0.313 e. The molecule has 0 aromatic heterocycles. The molecule has 2 unspecified atom stereocenters. The number of aliphatic hydroxyl groups excluding tert-OH is 1. The number of hydrogen-bond acceptors (Lipinski definition) is 3. The Morgan fingerprint density at radius 1 is 1.41 bits per heavy atom. The van der Waals surface area contributed by atoms with Gasteiger partial charge in [-0.15, -0.1) is 0 Å². The number of carbonyl (C=O) groups excluding carboxylic acids is 2. The molecule has 1 aliphatic rings. The topological polar surface area (TPSA) is 78.4 Å². The summed E-state index contributed by atoms with van der Waals surface area (Å²) in [5.74, 6) is -2.08. The number of aryl methyl sites for hydroxylation is 1. The molecular formula is C16H21FN2O3. The van der Waals surface area contributed by atoms with Crippen molar-refractivity contribution in [3.63, 3.8) is 0 Å². The monoisotopic (exact) mass is 308 g/mol. The maximum atomic E-state index is 13.2. The van der Waals surface area contributed by atoms with Gasteiger partial charge in [-0.3, -0.25) is 9.59 Å². The Kier molecular flexibility index (Phi) is 4.81. The van der Waals surface area contributed by atoms with Gasteiger partial charge in [-0.25, -0.2) is 4.39 Å². The number of aliphatic hydroxyl groups is 1. The number of anilines is 1. The summed E-state index contributed by atoms with van der Waals surface area (Å²) in [5.41, 5.74) is 0.546. The standard InChI is InChI=1S/C16H21FN2O3/c1-10-5-6-11(17)8-12(10)18-14(21)15(22)19-13-4-3-7-16(13,2)9-20/h5-6,8,13,20H,3-4,7,9H2,1-2H3,(H,18,21)(H,19,22). The maximum absolute atomic E-state index is 13.2. The summed E-state index contributed by atoms with van der Waals surface area (Å²) in [6.45, 7) is 3.56. The molecule has 1 aromatic carbocycles. The Labute approximate surface area is 128 Å². The lowest BCUT2D eigenvalue weighted by atomic mass is 9.86. The molecule has 22 heavy (non-hydrogen) atoms. The molecule has 1 aromatic rings. The number of nitrogens with one attached hydrogen (secondary N) is 2. The van der Waals surface area contributed by atoms with Crippen molar-refractivity contribution in [2.45, 2.75) is 39.2 Å². The van der Waals surface area contributed by atoms with Crippen LogP contribution in [0.25, 0.3) is 0 Å². The van der Waals surface area contributed by atoms with E-state index in [2.05, 4.69) is 10.6 Å². The molecule has 2 atom stereocenters. The number of rotatable bonds is 3. The van der Waals surface area contributed by atoms with Crippen LogP contribution in [0.5, 0.6) is 0 Å². The lowest BCUT2D eigenvalue weighted by Gasteiger charge is -2.29. The molecule has 0 bridgehead atoms. The average molecular weight is 308 g/mol. The third kappa shape index (κ3) is 3.44. The highest BCUT2D eigenvalue weighted by molar-refractivity contribution is 6.39. The van der Waals surface area contributed by atoms with Crippen molar-refractivity contribution >= 4 is 17.5 Å². The third-order valence-electron chi connectivity index (χ3n) is 4.40. The van der Waals surface area contributed by atoms with Gasteiger partial charge in [0.05, 0.1) is 6.61 Å². The van der Waals surface area contributed by atoms with Crippen molar-refractivity contribution in [2.24, 2.45) is 5.41 Å². The van der Waals surface area contributed by atoms with Crippen LogP contribution in [0.15, 0.2) is 18.2 Å². The molecule has 6 heteroatoms. The van der Waals surface area contributed by atoms with Crippen LogP contribution >= 0.6 is 0 Å². The van der Waals surface area contributed by atoms with Crippen molar-refractivity contribution in [3.05, 3.63) is 29.6 Å². The summed E-state index contributed by atoms with van der Waals surface area (Å²) < 4.78 is 13.2. The lowest BCUT2D eigenvalue weighted by molar-refractivity contribution is -0.137. The second-order valence-electron chi connectivity index (χ2n) is 6.14. The van der Waals surface area contributed by atoms with E-state index in [0.29, 0.717) is 5.56 Å². The summed E-state index contributed by atoms with van der Waals surface area (Å²) in [5, 5.41) is 14.5. The SMILES string of the molecule is Cc1ccc(F)cc1NC(=O)C(=O)NC1CCCC1(C)CO. The molecule has 1 aliphatic carbocycles. The van der Waals surface area contributed by atoms with Gasteiger partial charge in [0.2, 0.25) is 0 Å². The number of carbonyl (C=O) groups is 2. The van der Waals surface area contributed by atoms with E-state index in [9.17, 15) is 19.1 Å². The normalized spacial score (nSPS) is 24.1. The van der Waals surface area contributed by atoms with Gasteiger partial charge in [-0.2, -0.15) is 0 Å². The minimum Gasteiger partial charge on any atom is -0.396 e. The van der Waals surface area contributed by atoms with Gasteiger partial charge in [0.1, 0.15) is 5.82 Å². The van der Waals surface area contributed by atoms with E-state index < -0.39 is 23.0 Å². The Morgan fingerprint density at radius 2 is 2.14 bits per heavy atom. The van der Waals surface area contributed by atoms with Crippen LogP contribution in [0.3, 0.4) is 0 Å². The van der Waals surface area contributed by atoms with Crippen molar-refractivity contribution in [2.75, 3.05) is 11.9 Å². The number of hydrogen-bond donors (Lipinski definition) is 3. The van der Waals surface area contributed by atoms with E-state index >= 15 is 0 Å². The maximum Gasteiger partial charge on any atom is 0.313 e. The van der Waals surface area contributed by atoms with Crippen molar-refractivity contribution in [1.82, 2.24) is 5.32 Å². The zero-order valence-electron chi connectivity index (χ0n) is 12.8. The molecule has 1 saturated carbocycles. The molecule has 0 heterocycles. The summed E-state index contributed by atoms with van der Waals surface area (Å²) >= 11 is 0. The van der Waals surface area contributed by atoms with E-state index in [-0.39, 0.29) is 18.3 Å². The molecule has 0 aliphatic heterocycles. The molecule has 3 N–H and O–H groups in total. The average Bonchev–Trinajstić information content (AvgIpc) is 2.84. The highest BCUT2D eigenvalue weighted by Gasteiger charge is 2.39. The van der Waals surface area contributed by atoms with Crippen LogP contribution in [0.1, 0.15) is 31.7 Å². The van der Waals surface area contributed by atoms with E-state index in [0.717, 1.165) is 19.3 Å². The van der Waals surface area contributed by atoms with Crippen LogP contribution in [-0.2, 0) is 9.59 Å². The minimum absolute atomic E-state index is 0.0391. The van der Waals surface area contributed by atoms with Crippen molar-refractivity contribution in [1.29, 1.82) is 0 Å². The van der Waals surface area contributed by atoms with E-state index in [4.69, 9.17) is 0 Å². The van der Waals surface area contributed by atoms with Gasteiger partial charge in [-0.05, 0) is 37.5 Å². The third-order valence-corrected chi connectivity index (χ3v) is 4.40. The van der Waals surface area contributed by atoms with Crippen LogP contribution in [0, 0.1) is 18.2 Å². The first-order valence-corrected chi connectivity index (χ1v) is 7.34. The molecule has 0 spiro atoms. The first kappa shape index (κ1) is 16.4.